The van der Waals surface area contributed by atoms with Gasteiger partial charge in [0.2, 0.25) is 21.8 Å². The maximum atomic E-state index is 12.6. The second-order valence-corrected chi connectivity index (χ2v) is 10.3. The van der Waals surface area contributed by atoms with Gasteiger partial charge in [-0.3, -0.25) is 0 Å². The number of thioether (sulfide) groups is 1. The molecular weight excluding hydrogens is 408 g/mol. The van der Waals surface area contributed by atoms with E-state index in [1.54, 1.807) is 12.1 Å². The van der Waals surface area contributed by atoms with Crippen LogP contribution in [0.5, 0.6) is 0 Å². The topological polar surface area (TPSA) is 89.2 Å². The van der Waals surface area contributed by atoms with Gasteiger partial charge in [0.15, 0.2) is 0 Å². The summed E-state index contributed by atoms with van der Waals surface area (Å²) in [5, 5.41) is 8.89. The van der Waals surface area contributed by atoms with Gasteiger partial charge in [0.25, 0.3) is 0 Å². The first-order valence-electron chi connectivity index (χ1n) is 9.47. The summed E-state index contributed by atoms with van der Waals surface area (Å²) >= 11 is 1.44. The minimum absolute atomic E-state index is 0.116. The Morgan fingerprint density at radius 3 is 2.62 bits per heavy atom. The quantitative estimate of drug-likeness (QED) is 0.544. The molecule has 0 amide bonds. The van der Waals surface area contributed by atoms with Crippen LogP contribution in [0, 0.1) is 6.92 Å². The summed E-state index contributed by atoms with van der Waals surface area (Å²) in [6, 6.07) is 11.2. The molecule has 0 bridgehead atoms. The molecule has 29 heavy (non-hydrogen) atoms. The van der Waals surface area contributed by atoms with Gasteiger partial charge in [0.05, 0.1) is 10.3 Å². The van der Waals surface area contributed by atoms with Gasteiger partial charge in [-0.25, -0.2) is 13.4 Å². The van der Waals surface area contributed by atoms with Crippen LogP contribution in [0.1, 0.15) is 36.5 Å². The number of aryl methyl sites for hydroxylation is 1. The van der Waals surface area contributed by atoms with E-state index in [9.17, 15) is 8.42 Å². The lowest BCUT2D eigenvalue weighted by atomic mass is 10.1. The van der Waals surface area contributed by atoms with Gasteiger partial charge in [-0.1, -0.05) is 29.5 Å². The fourth-order valence-corrected chi connectivity index (χ4v) is 5.47. The summed E-state index contributed by atoms with van der Waals surface area (Å²) in [5.74, 6) is 0.984. The number of sulfonamides is 1. The van der Waals surface area contributed by atoms with E-state index in [1.165, 1.54) is 22.3 Å². The standard InChI is InChI=1S/C20H22N4O3S2/c1-14-6-5-7-16(12-14)20-23-22-19(27-20)15(2)28-18-9-8-17(13-21-18)29(25,26)24-10-3-4-11-24/h5-9,12-13,15H,3-4,10-11H2,1-2H3/t15-/m0/s1. The van der Waals surface area contributed by atoms with E-state index >= 15 is 0 Å². The molecule has 152 valence electrons. The van der Waals surface area contributed by atoms with Gasteiger partial charge >= 0.3 is 0 Å². The molecule has 0 radical (unpaired) electrons. The summed E-state index contributed by atoms with van der Waals surface area (Å²) in [6.07, 6.45) is 3.24. The number of aromatic nitrogens is 3. The summed E-state index contributed by atoms with van der Waals surface area (Å²) in [4.78, 5) is 4.56. The Bertz CT molecular complexity index is 1090. The predicted molar refractivity (Wildman–Crippen MR) is 111 cm³/mol. The second-order valence-electron chi connectivity index (χ2n) is 7.02. The van der Waals surface area contributed by atoms with Crippen molar-refractivity contribution >= 4 is 21.8 Å². The smallest absolute Gasteiger partial charge is 0.247 e. The number of benzene rings is 1. The van der Waals surface area contributed by atoms with E-state index in [0.717, 1.165) is 24.0 Å². The second kappa shape index (κ2) is 8.25. The van der Waals surface area contributed by atoms with Gasteiger partial charge in [-0.2, -0.15) is 4.31 Å². The highest BCUT2D eigenvalue weighted by atomic mass is 32.2. The van der Waals surface area contributed by atoms with Crippen LogP contribution in [0.15, 0.2) is 56.9 Å². The van der Waals surface area contributed by atoms with Crippen molar-refractivity contribution in [2.75, 3.05) is 13.1 Å². The Hall–Kier alpha value is -2.23. The third-order valence-electron chi connectivity index (χ3n) is 4.76. The molecular formula is C20H22N4O3S2. The van der Waals surface area contributed by atoms with Crippen LogP contribution in [0.25, 0.3) is 11.5 Å². The molecule has 0 saturated carbocycles. The molecule has 1 aliphatic rings. The molecule has 1 fully saturated rings. The maximum Gasteiger partial charge on any atom is 0.247 e. The van der Waals surface area contributed by atoms with E-state index in [0.29, 0.717) is 29.9 Å². The minimum atomic E-state index is -3.45. The van der Waals surface area contributed by atoms with Gasteiger partial charge in [-0.15, -0.1) is 10.2 Å². The molecule has 0 unspecified atom stereocenters. The zero-order valence-corrected chi connectivity index (χ0v) is 17.9. The molecule has 3 aromatic rings. The largest absolute Gasteiger partial charge is 0.419 e. The third kappa shape index (κ3) is 4.36. The lowest BCUT2D eigenvalue weighted by molar-refractivity contribution is 0.477. The van der Waals surface area contributed by atoms with Crippen LogP contribution in [0.3, 0.4) is 0 Å². The molecule has 4 rings (SSSR count). The first-order valence-corrected chi connectivity index (χ1v) is 11.8. The maximum absolute atomic E-state index is 12.6. The summed E-state index contributed by atoms with van der Waals surface area (Å²) < 4.78 is 32.5. The van der Waals surface area contributed by atoms with E-state index in [-0.39, 0.29) is 10.1 Å². The van der Waals surface area contributed by atoms with E-state index < -0.39 is 10.0 Å². The third-order valence-corrected chi connectivity index (χ3v) is 7.68. The Balaban J connectivity index is 1.45. The van der Waals surface area contributed by atoms with Crippen LogP contribution in [0.2, 0.25) is 0 Å². The molecule has 0 spiro atoms. The number of hydrogen-bond acceptors (Lipinski definition) is 7. The molecule has 1 aliphatic heterocycles. The highest BCUT2D eigenvalue weighted by molar-refractivity contribution is 7.99. The van der Waals surface area contributed by atoms with Crippen molar-refractivity contribution in [2.24, 2.45) is 0 Å². The van der Waals surface area contributed by atoms with Gasteiger partial charge in [0, 0.05) is 24.8 Å². The Kier molecular flexibility index (Phi) is 5.71. The lowest BCUT2D eigenvalue weighted by Gasteiger charge is -2.15. The fraction of sp³-hybridized carbons (Fsp3) is 0.350. The van der Waals surface area contributed by atoms with Crippen molar-refractivity contribution in [1.82, 2.24) is 19.5 Å². The van der Waals surface area contributed by atoms with Gasteiger partial charge in [0.1, 0.15) is 4.90 Å². The van der Waals surface area contributed by atoms with Crippen LogP contribution in [-0.2, 0) is 10.0 Å². The number of pyridine rings is 1. The lowest BCUT2D eigenvalue weighted by Crippen LogP contribution is -2.27. The highest BCUT2D eigenvalue weighted by Gasteiger charge is 2.27. The van der Waals surface area contributed by atoms with Crippen molar-refractivity contribution in [3.8, 4) is 11.5 Å². The molecule has 2 aromatic heterocycles. The number of nitrogens with zero attached hydrogens (tertiary/aromatic N) is 4. The number of rotatable bonds is 6. The molecule has 3 heterocycles. The van der Waals surface area contributed by atoms with Crippen LogP contribution >= 0.6 is 11.8 Å². The van der Waals surface area contributed by atoms with E-state index in [2.05, 4.69) is 15.2 Å². The van der Waals surface area contributed by atoms with Gasteiger partial charge in [-0.05, 0) is 51.0 Å². The molecule has 0 aliphatic carbocycles. The Labute approximate surface area is 174 Å². The van der Waals surface area contributed by atoms with Crippen LogP contribution in [-0.4, -0.2) is 41.0 Å². The van der Waals surface area contributed by atoms with Crippen LogP contribution < -0.4 is 0 Å². The average Bonchev–Trinajstić information content (AvgIpc) is 3.41. The Morgan fingerprint density at radius 1 is 1.14 bits per heavy atom. The van der Waals surface area contributed by atoms with Crippen molar-refractivity contribution in [1.29, 1.82) is 0 Å². The highest BCUT2D eigenvalue weighted by Crippen LogP contribution is 2.34. The molecule has 1 saturated heterocycles. The zero-order chi connectivity index (χ0) is 20.4. The van der Waals surface area contributed by atoms with Crippen molar-refractivity contribution < 1.29 is 12.8 Å². The van der Waals surface area contributed by atoms with Crippen LogP contribution in [0.4, 0.5) is 0 Å². The molecule has 1 aromatic carbocycles. The van der Waals surface area contributed by atoms with Crippen molar-refractivity contribution in [2.45, 2.75) is 41.9 Å². The van der Waals surface area contributed by atoms with Crippen molar-refractivity contribution in [3.05, 3.63) is 54.0 Å². The zero-order valence-electron chi connectivity index (χ0n) is 16.3. The first kappa shape index (κ1) is 20.1. The SMILES string of the molecule is Cc1cccc(-c2nnc([C@H](C)Sc3ccc(S(=O)(=O)N4CCCC4)cn3)o2)c1. The average molecular weight is 431 g/mol. The molecule has 7 nitrogen and oxygen atoms in total. The molecule has 0 N–H and O–H groups in total. The van der Waals surface area contributed by atoms with Crippen molar-refractivity contribution in [3.63, 3.8) is 0 Å². The predicted octanol–water partition coefficient (Wildman–Crippen LogP) is 4.08. The Morgan fingerprint density at radius 2 is 1.93 bits per heavy atom. The normalized spacial score (nSPS) is 16.2. The summed E-state index contributed by atoms with van der Waals surface area (Å²) in [5.41, 5.74) is 2.01. The van der Waals surface area contributed by atoms with E-state index in [1.807, 2.05) is 38.1 Å². The van der Waals surface area contributed by atoms with E-state index in [4.69, 9.17) is 4.42 Å². The first-order chi connectivity index (χ1) is 13.9. The van der Waals surface area contributed by atoms with Gasteiger partial charge < -0.3 is 4.42 Å². The summed E-state index contributed by atoms with van der Waals surface area (Å²) in [6.45, 7) is 5.12. The number of hydrogen-bond donors (Lipinski definition) is 0. The minimum Gasteiger partial charge on any atom is -0.419 e. The summed E-state index contributed by atoms with van der Waals surface area (Å²) in [7, 11) is -3.45. The molecule has 9 heteroatoms. The fourth-order valence-electron chi connectivity index (χ4n) is 3.19. The molecule has 1 atom stereocenters. The monoisotopic (exact) mass is 430 g/mol.